The second-order valence-electron chi connectivity index (χ2n) is 5.53. The molecule has 132 valence electrons. The molecule has 0 saturated carbocycles. The fraction of sp³-hybridized carbons (Fsp3) is 0.200. The van der Waals surface area contributed by atoms with Crippen LogP contribution in [0, 0.1) is 11.3 Å². The first kappa shape index (κ1) is 18.9. The van der Waals surface area contributed by atoms with E-state index < -0.39 is 23.8 Å². The zero-order valence-electron chi connectivity index (χ0n) is 14.3. The van der Waals surface area contributed by atoms with Crippen molar-refractivity contribution in [2.45, 2.75) is 11.8 Å². The van der Waals surface area contributed by atoms with E-state index in [0.717, 1.165) is 0 Å². The van der Waals surface area contributed by atoms with Crippen LogP contribution in [0.1, 0.15) is 38.9 Å². The lowest BCUT2D eigenvalue weighted by Crippen LogP contribution is -2.28. The minimum atomic E-state index is -1.03. The van der Waals surface area contributed by atoms with Crippen LogP contribution in [0.25, 0.3) is 0 Å². The highest BCUT2D eigenvalue weighted by molar-refractivity contribution is 5.90. The Kier molecular flexibility index (Phi) is 6.23. The number of hydrogen-bond acceptors (Lipinski definition) is 6. The van der Waals surface area contributed by atoms with Crippen LogP contribution in [0.15, 0.2) is 48.5 Å². The van der Waals surface area contributed by atoms with Crippen molar-refractivity contribution in [3.8, 4) is 6.07 Å². The molecule has 26 heavy (non-hydrogen) atoms. The summed E-state index contributed by atoms with van der Waals surface area (Å²) in [6, 6.07) is 14.8. The number of nitrogens with zero attached hydrogens (tertiary/aromatic N) is 1. The number of nitriles is 1. The molecule has 2 rings (SSSR count). The van der Waals surface area contributed by atoms with Gasteiger partial charge < -0.3 is 9.47 Å². The van der Waals surface area contributed by atoms with Gasteiger partial charge in [-0.15, -0.1) is 0 Å². The molecule has 0 aliphatic rings. The van der Waals surface area contributed by atoms with Crippen molar-refractivity contribution in [3.63, 3.8) is 0 Å². The third-order valence-electron chi connectivity index (χ3n) is 4.02. The van der Waals surface area contributed by atoms with Crippen molar-refractivity contribution < 1.29 is 23.9 Å². The maximum atomic E-state index is 12.5. The van der Waals surface area contributed by atoms with E-state index in [-0.39, 0.29) is 0 Å². The van der Waals surface area contributed by atoms with Gasteiger partial charge in [0.05, 0.1) is 37.7 Å². The fourth-order valence-corrected chi connectivity index (χ4v) is 2.81. The predicted octanol–water partition coefficient (Wildman–Crippen LogP) is 2.58. The number of carbonyl (C=O) groups is 3. The molecule has 0 fully saturated rings. The number of esters is 2. The van der Waals surface area contributed by atoms with Gasteiger partial charge in [0.2, 0.25) is 0 Å². The molecule has 0 aromatic heterocycles. The third kappa shape index (κ3) is 3.95. The lowest BCUT2D eigenvalue weighted by atomic mass is 9.80. The zero-order valence-corrected chi connectivity index (χ0v) is 14.3. The van der Waals surface area contributed by atoms with Crippen LogP contribution in [0.5, 0.6) is 0 Å². The summed E-state index contributed by atoms with van der Waals surface area (Å²) in [6.45, 7) is 0. The molecule has 0 aliphatic carbocycles. The van der Waals surface area contributed by atoms with Crippen molar-refractivity contribution in [1.82, 2.24) is 0 Å². The van der Waals surface area contributed by atoms with Crippen LogP contribution in [0.4, 0.5) is 0 Å². The first-order valence-electron chi connectivity index (χ1n) is 7.76. The second kappa shape index (κ2) is 8.58. The maximum Gasteiger partial charge on any atom is 0.314 e. The van der Waals surface area contributed by atoms with Gasteiger partial charge in [0.25, 0.3) is 0 Å². The van der Waals surface area contributed by atoms with E-state index >= 15 is 0 Å². The largest absolute Gasteiger partial charge is 0.469 e. The minimum Gasteiger partial charge on any atom is -0.469 e. The standard InChI is InChI=1S/C20H17NO5/c1-25-19(23)17(15-7-3-5-13(9-15)11-21)18(20(24)26-2)16-8-4-6-14(10-16)12-22/h3-10,12,17-18H,1-2H3. The number of aldehydes is 1. The van der Waals surface area contributed by atoms with E-state index in [0.29, 0.717) is 28.5 Å². The molecule has 2 unspecified atom stereocenters. The highest BCUT2D eigenvalue weighted by atomic mass is 16.5. The van der Waals surface area contributed by atoms with Gasteiger partial charge in [-0.1, -0.05) is 30.3 Å². The van der Waals surface area contributed by atoms with Gasteiger partial charge in [-0.2, -0.15) is 5.26 Å². The van der Waals surface area contributed by atoms with Crippen LogP contribution in [-0.4, -0.2) is 32.4 Å². The Balaban J connectivity index is 2.65. The summed E-state index contributed by atoms with van der Waals surface area (Å²) in [5.41, 5.74) is 1.61. The van der Waals surface area contributed by atoms with Gasteiger partial charge in [-0.3, -0.25) is 14.4 Å². The Morgan fingerprint density at radius 3 is 2.00 bits per heavy atom. The molecule has 6 heteroatoms. The number of rotatable bonds is 6. The molecule has 0 saturated heterocycles. The Morgan fingerprint density at radius 1 is 0.962 bits per heavy atom. The van der Waals surface area contributed by atoms with Crippen LogP contribution in [-0.2, 0) is 19.1 Å². The molecule has 0 radical (unpaired) electrons. The summed E-state index contributed by atoms with van der Waals surface area (Å²) in [5.74, 6) is -3.35. The van der Waals surface area contributed by atoms with E-state index in [4.69, 9.17) is 14.7 Å². The first-order valence-corrected chi connectivity index (χ1v) is 7.76. The van der Waals surface area contributed by atoms with E-state index in [2.05, 4.69) is 0 Å². The van der Waals surface area contributed by atoms with E-state index in [1.54, 1.807) is 36.4 Å². The molecule has 0 N–H and O–H groups in total. The Labute approximate surface area is 151 Å². The molecule has 6 nitrogen and oxygen atoms in total. The predicted molar refractivity (Wildman–Crippen MR) is 92.5 cm³/mol. The van der Waals surface area contributed by atoms with Crippen molar-refractivity contribution in [2.75, 3.05) is 14.2 Å². The Hall–Kier alpha value is -3.46. The van der Waals surface area contributed by atoms with Crippen LogP contribution in [0.3, 0.4) is 0 Å². The molecule has 2 aromatic rings. The van der Waals surface area contributed by atoms with Crippen molar-refractivity contribution in [1.29, 1.82) is 5.26 Å². The minimum absolute atomic E-state index is 0.349. The molecule has 0 bridgehead atoms. The van der Waals surface area contributed by atoms with Gasteiger partial charge in [-0.25, -0.2) is 0 Å². The number of carbonyl (C=O) groups excluding carboxylic acids is 3. The highest BCUT2D eigenvalue weighted by Crippen LogP contribution is 2.36. The maximum absolute atomic E-state index is 12.5. The average molecular weight is 351 g/mol. The quantitative estimate of drug-likeness (QED) is 0.586. The van der Waals surface area contributed by atoms with E-state index in [1.807, 2.05) is 6.07 Å². The summed E-state index contributed by atoms with van der Waals surface area (Å²) >= 11 is 0. The number of ether oxygens (including phenoxy) is 2. The lowest BCUT2D eigenvalue weighted by Gasteiger charge is -2.24. The molecule has 0 amide bonds. The summed E-state index contributed by atoms with van der Waals surface area (Å²) in [5, 5.41) is 9.12. The normalized spacial score (nSPS) is 12.3. The molecule has 0 spiro atoms. The summed E-state index contributed by atoms with van der Waals surface area (Å²) < 4.78 is 9.79. The number of methoxy groups -OCH3 is 2. The lowest BCUT2D eigenvalue weighted by molar-refractivity contribution is -0.150. The van der Waals surface area contributed by atoms with Crippen molar-refractivity contribution in [2.24, 2.45) is 0 Å². The summed E-state index contributed by atoms with van der Waals surface area (Å²) in [6.07, 6.45) is 0.654. The van der Waals surface area contributed by atoms with Gasteiger partial charge in [0, 0.05) is 5.56 Å². The van der Waals surface area contributed by atoms with Crippen molar-refractivity contribution in [3.05, 3.63) is 70.8 Å². The van der Waals surface area contributed by atoms with Gasteiger partial charge in [0.1, 0.15) is 6.29 Å². The van der Waals surface area contributed by atoms with Gasteiger partial charge in [-0.05, 0) is 29.3 Å². The zero-order chi connectivity index (χ0) is 19.1. The summed E-state index contributed by atoms with van der Waals surface area (Å²) in [4.78, 5) is 36.1. The topological polar surface area (TPSA) is 93.5 Å². The average Bonchev–Trinajstić information content (AvgIpc) is 2.70. The van der Waals surface area contributed by atoms with Crippen LogP contribution >= 0.6 is 0 Å². The van der Waals surface area contributed by atoms with Crippen molar-refractivity contribution >= 4 is 18.2 Å². The molecule has 2 atom stereocenters. The monoisotopic (exact) mass is 351 g/mol. The molecular formula is C20H17NO5. The smallest absolute Gasteiger partial charge is 0.314 e. The highest BCUT2D eigenvalue weighted by Gasteiger charge is 2.38. The van der Waals surface area contributed by atoms with Gasteiger partial charge in [0.15, 0.2) is 0 Å². The molecular weight excluding hydrogens is 334 g/mol. The number of benzene rings is 2. The summed E-state index contributed by atoms with van der Waals surface area (Å²) in [7, 11) is 2.44. The van der Waals surface area contributed by atoms with Crippen LogP contribution in [0.2, 0.25) is 0 Å². The number of hydrogen-bond donors (Lipinski definition) is 0. The third-order valence-corrected chi connectivity index (χ3v) is 4.02. The van der Waals surface area contributed by atoms with E-state index in [9.17, 15) is 14.4 Å². The Bertz CT molecular complexity index is 869. The first-order chi connectivity index (χ1) is 12.5. The second-order valence-corrected chi connectivity index (χ2v) is 5.53. The molecule has 0 heterocycles. The Morgan fingerprint density at radius 2 is 1.50 bits per heavy atom. The van der Waals surface area contributed by atoms with Crippen LogP contribution < -0.4 is 0 Å². The molecule has 0 aliphatic heterocycles. The fourth-order valence-electron chi connectivity index (χ4n) is 2.81. The van der Waals surface area contributed by atoms with E-state index in [1.165, 1.54) is 26.4 Å². The van der Waals surface area contributed by atoms with Gasteiger partial charge >= 0.3 is 11.9 Å². The molecule has 2 aromatic carbocycles. The SMILES string of the molecule is COC(=O)C(c1cccc(C#N)c1)C(C(=O)OC)c1cccc(C=O)c1.